The number of nitrogens with one attached hydrogen (secondary N) is 2. The number of rotatable bonds is 6. The number of sulfonamides is 1. The van der Waals surface area contributed by atoms with Crippen LogP contribution in [0.25, 0.3) is 0 Å². The molecule has 0 aliphatic rings. The van der Waals surface area contributed by atoms with Gasteiger partial charge in [0.1, 0.15) is 4.90 Å². The predicted octanol–water partition coefficient (Wildman–Crippen LogP) is 0.629. The first-order valence-electron chi connectivity index (χ1n) is 5.80. The zero-order valence-electron chi connectivity index (χ0n) is 10.4. The van der Waals surface area contributed by atoms with Gasteiger partial charge in [-0.05, 0) is 18.1 Å². The molecule has 0 saturated carbocycles. The Morgan fingerprint density at radius 2 is 2.10 bits per heavy atom. The van der Waals surface area contributed by atoms with Crippen LogP contribution in [0.5, 0.6) is 0 Å². The summed E-state index contributed by atoms with van der Waals surface area (Å²) in [6.45, 7) is 0.109. The highest BCUT2D eigenvalue weighted by atomic mass is 32.2. The first-order chi connectivity index (χ1) is 9.50. The quantitative estimate of drug-likeness (QED) is 0.723. The lowest BCUT2D eigenvalue weighted by atomic mass is 10.1. The fraction of sp³-hybridized carbons (Fsp3) is 0.167. The molecule has 8 heteroatoms. The van der Waals surface area contributed by atoms with Crippen molar-refractivity contribution in [3.05, 3.63) is 47.8 Å². The number of carbonyl (C=O) groups is 1. The molecule has 0 unspecified atom stereocenters. The van der Waals surface area contributed by atoms with Crippen molar-refractivity contribution in [2.24, 2.45) is 0 Å². The SMILES string of the molecule is O=C(O)c1ccccc1CCNS(=O)(=O)c1cn[nH]c1. The van der Waals surface area contributed by atoms with Crippen molar-refractivity contribution in [2.45, 2.75) is 11.3 Å². The molecule has 1 heterocycles. The second kappa shape index (κ2) is 5.85. The molecule has 0 aliphatic heterocycles. The predicted molar refractivity (Wildman–Crippen MR) is 70.9 cm³/mol. The van der Waals surface area contributed by atoms with E-state index in [0.29, 0.717) is 12.0 Å². The average Bonchev–Trinajstić information content (AvgIpc) is 2.93. The zero-order chi connectivity index (χ0) is 14.6. The average molecular weight is 295 g/mol. The van der Waals surface area contributed by atoms with Crippen molar-refractivity contribution >= 4 is 16.0 Å². The number of hydrogen-bond donors (Lipinski definition) is 3. The standard InChI is InChI=1S/C12H13N3O4S/c16-12(17)11-4-2-1-3-9(11)5-6-15-20(18,19)10-7-13-14-8-10/h1-4,7-8,15H,5-6H2,(H,13,14)(H,16,17). The highest BCUT2D eigenvalue weighted by molar-refractivity contribution is 7.89. The lowest BCUT2D eigenvalue weighted by Crippen LogP contribution is -2.26. The van der Waals surface area contributed by atoms with Gasteiger partial charge in [-0.15, -0.1) is 0 Å². The lowest BCUT2D eigenvalue weighted by Gasteiger charge is -2.07. The molecule has 2 rings (SSSR count). The number of benzene rings is 1. The Bertz CT molecular complexity index is 695. The van der Waals surface area contributed by atoms with Crippen LogP contribution >= 0.6 is 0 Å². The highest BCUT2D eigenvalue weighted by Crippen LogP contribution is 2.10. The van der Waals surface area contributed by atoms with Crippen molar-refractivity contribution in [1.82, 2.24) is 14.9 Å². The van der Waals surface area contributed by atoms with Crippen LogP contribution in [0, 0.1) is 0 Å². The largest absolute Gasteiger partial charge is 0.478 e. The maximum atomic E-state index is 11.8. The van der Waals surface area contributed by atoms with Crippen LogP contribution in [0.2, 0.25) is 0 Å². The third-order valence-corrected chi connectivity index (χ3v) is 4.15. The van der Waals surface area contributed by atoms with Gasteiger partial charge in [-0.1, -0.05) is 18.2 Å². The van der Waals surface area contributed by atoms with Crippen LogP contribution in [0.4, 0.5) is 0 Å². The van der Waals surface area contributed by atoms with Gasteiger partial charge in [0.05, 0.1) is 11.8 Å². The van der Waals surface area contributed by atoms with Gasteiger partial charge >= 0.3 is 5.97 Å². The van der Waals surface area contributed by atoms with Crippen LogP contribution in [-0.4, -0.2) is 36.2 Å². The van der Waals surface area contributed by atoms with E-state index in [0.717, 1.165) is 0 Å². The topological polar surface area (TPSA) is 112 Å². The highest BCUT2D eigenvalue weighted by Gasteiger charge is 2.15. The molecule has 3 N–H and O–H groups in total. The van der Waals surface area contributed by atoms with Gasteiger partial charge in [0.2, 0.25) is 10.0 Å². The van der Waals surface area contributed by atoms with Crippen LogP contribution in [0.15, 0.2) is 41.6 Å². The van der Waals surface area contributed by atoms with Crippen LogP contribution in [0.1, 0.15) is 15.9 Å². The molecule has 7 nitrogen and oxygen atoms in total. The summed E-state index contributed by atoms with van der Waals surface area (Å²) in [5.41, 5.74) is 0.755. The van der Waals surface area contributed by atoms with Gasteiger partial charge in [-0.25, -0.2) is 17.9 Å². The van der Waals surface area contributed by atoms with Crippen molar-refractivity contribution < 1.29 is 18.3 Å². The molecule has 0 aliphatic carbocycles. The molecule has 0 radical (unpaired) electrons. The smallest absolute Gasteiger partial charge is 0.335 e. The first-order valence-corrected chi connectivity index (χ1v) is 7.28. The van der Waals surface area contributed by atoms with E-state index < -0.39 is 16.0 Å². The van der Waals surface area contributed by atoms with E-state index in [1.54, 1.807) is 18.2 Å². The Hall–Kier alpha value is -2.19. The first kappa shape index (κ1) is 14.2. The second-order valence-corrected chi connectivity index (χ2v) is 5.81. The molecule has 1 aromatic carbocycles. The van der Waals surface area contributed by atoms with E-state index in [1.807, 2.05) is 0 Å². The Balaban J connectivity index is 2.02. The Labute approximate surface area is 115 Å². The third kappa shape index (κ3) is 3.22. The van der Waals surface area contributed by atoms with E-state index >= 15 is 0 Å². The molecule has 0 amide bonds. The van der Waals surface area contributed by atoms with Gasteiger partial charge in [0, 0.05) is 12.7 Å². The molecule has 1 aromatic heterocycles. The molecule has 106 valence electrons. The van der Waals surface area contributed by atoms with Gasteiger partial charge < -0.3 is 5.11 Å². The minimum atomic E-state index is -3.61. The summed E-state index contributed by atoms with van der Waals surface area (Å²) in [5, 5.41) is 15.0. The summed E-state index contributed by atoms with van der Waals surface area (Å²) < 4.78 is 26.0. The van der Waals surface area contributed by atoms with Crippen molar-refractivity contribution in [3.8, 4) is 0 Å². The number of aromatic amines is 1. The van der Waals surface area contributed by atoms with Gasteiger partial charge in [0.25, 0.3) is 0 Å². The van der Waals surface area contributed by atoms with Crippen LogP contribution in [-0.2, 0) is 16.4 Å². The van der Waals surface area contributed by atoms with Gasteiger partial charge in [-0.3, -0.25) is 5.10 Å². The number of aromatic nitrogens is 2. The second-order valence-electron chi connectivity index (χ2n) is 4.04. The van der Waals surface area contributed by atoms with E-state index in [1.165, 1.54) is 18.5 Å². The van der Waals surface area contributed by atoms with E-state index in [2.05, 4.69) is 14.9 Å². The number of H-pyrrole nitrogens is 1. The number of nitrogens with zero attached hydrogens (tertiary/aromatic N) is 1. The zero-order valence-corrected chi connectivity index (χ0v) is 11.2. The molecule has 0 saturated heterocycles. The summed E-state index contributed by atoms with van der Waals surface area (Å²) in [6.07, 6.45) is 2.76. The maximum Gasteiger partial charge on any atom is 0.335 e. The van der Waals surface area contributed by atoms with E-state index in [9.17, 15) is 13.2 Å². The summed E-state index contributed by atoms with van der Waals surface area (Å²) >= 11 is 0. The summed E-state index contributed by atoms with van der Waals surface area (Å²) in [5.74, 6) is -1.03. The molecule has 20 heavy (non-hydrogen) atoms. The molecule has 2 aromatic rings. The summed E-state index contributed by atoms with van der Waals surface area (Å²) in [4.78, 5) is 11.1. The van der Waals surface area contributed by atoms with Crippen molar-refractivity contribution in [1.29, 1.82) is 0 Å². The molecule has 0 fully saturated rings. The van der Waals surface area contributed by atoms with Crippen molar-refractivity contribution in [3.63, 3.8) is 0 Å². The van der Waals surface area contributed by atoms with Gasteiger partial charge in [0.15, 0.2) is 0 Å². The third-order valence-electron chi connectivity index (χ3n) is 2.72. The molecule has 0 bridgehead atoms. The van der Waals surface area contributed by atoms with Crippen molar-refractivity contribution in [2.75, 3.05) is 6.54 Å². The monoisotopic (exact) mass is 295 g/mol. The molecular weight excluding hydrogens is 282 g/mol. The Morgan fingerprint density at radius 3 is 2.75 bits per heavy atom. The number of aromatic carboxylic acids is 1. The minimum Gasteiger partial charge on any atom is -0.478 e. The summed E-state index contributed by atoms with van der Waals surface area (Å²) in [7, 11) is -3.61. The fourth-order valence-electron chi connectivity index (χ4n) is 1.74. The summed E-state index contributed by atoms with van der Waals surface area (Å²) in [6, 6.07) is 6.49. The van der Waals surface area contributed by atoms with E-state index in [4.69, 9.17) is 5.11 Å². The Morgan fingerprint density at radius 1 is 1.35 bits per heavy atom. The molecule has 0 atom stereocenters. The maximum absolute atomic E-state index is 11.8. The van der Waals surface area contributed by atoms with Crippen LogP contribution in [0.3, 0.4) is 0 Å². The van der Waals surface area contributed by atoms with E-state index in [-0.39, 0.29) is 17.0 Å². The van der Waals surface area contributed by atoms with Gasteiger partial charge in [-0.2, -0.15) is 5.10 Å². The number of carboxylic acid groups (broad SMARTS) is 1. The fourth-order valence-corrected chi connectivity index (χ4v) is 2.67. The van der Waals surface area contributed by atoms with Crippen LogP contribution < -0.4 is 4.72 Å². The minimum absolute atomic E-state index is 0.0454. The molecular formula is C12H13N3O4S. The normalized spacial score (nSPS) is 11.4. The number of hydrogen-bond acceptors (Lipinski definition) is 4. The number of carboxylic acids is 1. The lowest BCUT2D eigenvalue weighted by molar-refractivity contribution is 0.0695. The Kier molecular flexibility index (Phi) is 4.16. The molecule has 0 spiro atoms.